The van der Waals surface area contributed by atoms with Gasteiger partial charge >= 0.3 is 0 Å². The highest BCUT2D eigenvalue weighted by atomic mass is 35.5. The molecule has 1 aromatic heterocycles. The molecule has 0 aliphatic rings. The molecule has 1 aromatic carbocycles. The lowest BCUT2D eigenvalue weighted by molar-refractivity contribution is 1.30. The molecule has 0 spiro atoms. The predicted octanol–water partition coefficient (Wildman–Crippen LogP) is 4.58. The predicted molar refractivity (Wildman–Crippen MR) is 69.4 cm³/mol. The number of nitriles is 1. The molecule has 17 heavy (non-hydrogen) atoms. The average Bonchev–Trinajstić information content (AvgIpc) is 2.35. The van der Waals surface area contributed by atoms with Crippen LogP contribution in [0.1, 0.15) is 5.56 Å². The molecule has 0 amide bonds. The van der Waals surface area contributed by atoms with Crippen molar-refractivity contribution >= 4 is 34.8 Å². The third kappa shape index (κ3) is 2.23. The largest absolute Gasteiger partial charge is 0.255 e. The zero-order valence-corrected chi connectivity index (χ0v) is 10.7. The molecule has 0 atom stereocenters. The maximum atomic E-state index is 9.02. The molecule has 2 aromatic rings. The van der Waals surface area contributed by atoms with Crippen molar-refractivity contribution in [3.8, 4) is 17.3 Å². The van der Waals surface area contributed by atoms with Crippen LogP contribution in [0.5, 0.6) is 0 Å². The minimum atomic E-state index is 0.300. The number of rotatable bonds is 1. The molecule has 0 aliphatic carbocycles. The molecular formula is C12H5Cl3N2. The summed E-state index contributed by atoms with van der Waals surface area (Å²) >= 11 is 18.1. The van der Waals surface area contributed by atoms with E-state index >= 15 is 0 Å². The van der Waals surface area contributed by atoms with Gasteiger partial charge in [-0.3, -0.25) is 4.98 Å². The standard InChI is InChI=1S/C12H5Cl3N2/c13-8-3-4-9(14)11(15)10(8)12-7(6-16)2-1-5-17-12/h1-5H. The molecule has 2 rings (SSSR count). The van der Waals surface area contributed by atoms with E-state index in [0.29, 0.717) is 31.9 Å². The van der Waals surface area contributed by atoms with Crippen LogP contribution in [0.25, 0.3) is 11.3 Å². The summed E-state index contributed by atoms with van der Waals surface area (Å²) in [6.45, 7) is 0. The van der Waals surface area contributed by atoms with Crippen molar-refractivity contribution in [1.82, 2.24) is 4.98 Å². The van der Waals surface area contributed by atoms with Crippen LogP contribution in [0, 0.1) is 11.3 Å². The Balaban J connectivity index is 2.78. The number of pyridine rings is 1. The topological polar surface area (TPSA) is 36.7 Å². The van der Waals surface area contributed by atoms with Crippen molar-refractivity contribution in [2.24, 2.45) is 0 Å². The number of nitrogens with zero attached hydrogens (tertiary/aromatic N) is 2. The number of hydrogen-bond donors (Lipinski definition) is 0. The van der Waals surface area contributed by atoms with Gasteiger partial charge in [-0.1, -0.05) is 34.8 Å². The van der Waals surface area contributed by atoms with E-state index in [1.54, 1.807) is 30.5 Å². The summed E-state index contributed by atoms with van der Waals surface area (Å²) in [5, 5.41) is 10.1. The van der Waals surface area contributed by atoms with E-state index in [1.807, 2.05) is 6.07 Å². The second-order valence-corrected chi connectivity index (χ2v) is 4.42. The lowest BCUT2D eigenvalue weighted by atomic mass is 10.1. The molecule has 0 radical (unpaired) electrons. The summed E-state index contributed by atoms with van der Waals surface area (Å²) in [5.41, 5.74) is 1.32. The zero-order valence-electron chi connectivity index (χ0n) is 8.42. The first-order valence-corrected chi connectivity index (χ1v) is 5.77. The second kappa shape index (κ2) is 4.93. The van der Waals surface area contributed by atoms with Gasteiger partial charge in [0.25, 0.3) is 0 Å². The first-order valence-electron chi connectivity index (χ1n) is 4.64. The molecule has 0 fully saturated rings. The quantitative estimate of drug-likeness (QED) is 0.718. The SMILES string of the molecule is N#Cc1cccnc1-c1c(Cl)ccc(Cl)c1Cl. The first kappa shape index (κ1) is 12.2. The van der Waals surface area contributed by atoms with Gasteiger partial charge < -0.3 is 0 Å². The fraction of sp³-hybridized carbons (Fsp3) is 0. The van der Waals surface area contributed by atoms with Gasteiger partial charge in [-0.05, 0) is 24.3 Å². The molecule has 1 heterocycles. The van der Waals surface area contributed by atoms with Gasteiger partial charge in [-0.25, -0.2) is 0 Å². The van der Waals surface area contributed by atoms with Crippen molar-refractivity contribution in [1.29, 1.82) is 5.26 Å². The van der Waals surface area contributed by atoms with Crippen molar-refractivity contribution in [2.45, 2.75) is 0 Å². The minimum absolute atomic E-state index is 0.300. The Morgan fingerprint density at radius 3 is 2.47 bits per heavy atom. The van der Waals surface area contributed by atoms with Crippen molar-refractivity contribution in [3.63, 3.8) is 0 Å². The molecule has 0 aliphatic heterocycles. The Bertz CT molecular complexity index is 618. The number of benzene rings is 1. The van der Waals surface area contributed by atoms with Crippen LogP contribution < -0.4 is 0 Å². The number of aromatic nitrogens is 1. The van der Waals surface area contributed by atoms with Gasteiger partial charge in [0.2, 0.25) is 0 Å². The van der Waals surface area contributed by atoms with E-state index in [2.05, 4.69) is 4.98 Å². The van der Waals surface area contributed by atoms with Gasteiger partial charge in [-0.2, -0.15) is 5.26 Å². The number of hydrogen-bond acceptors (Lipinski definition) is 2. The van der Waals surface area contributed by atoms with Crippen LogP contribution in [0.2, 0.25) is 15.1 Å². The highest BCUT2D eigenvalue weighted by Crippen LogP contribution is 2.39. The van der Waals surface area contributed by atoms with Crippen molar-refractivity contribution in [2.75, 3.05) is 0 Å². The van der Waals surface area contributed by atoms with Crippen LogP contribution >= 0.6 is 34.8 Å². The Hall–Kier alpha value is -1.27. The third-order valence-corrected chi connectivity index (χ3v) is 3.33. The van der Waals surface area contributed by atoms with Crippen LogP contribution in [0.4, 0.5) is 0 Å². The maximum Gasteiger partial charge on any atom is 0.101 e. The van der Waals surface area contributed by atoms with Crippen LogP contribution in [0.15, 0.2) is 30.5 Å². The molecule has 0 N–H and O–H groups in total. The van der Waals surface area contributed by atoms with Gasteiger partial charge in [0.1, 0.15) is 6.07 Å². The lowest BCUT2D eigenvalue weighted by Gasteiger charge is -2.08. The highest BCUT2D eigenvalue weighted by molar-refractivity contribution is 6.46. The van der Waals surface area contributed by atoms with Crippen molar-refractivity contribution < 1.29 is 0 Å². The summed E-state index contributed by atoms with van der Waals surface area (Å²) in [7, 11) is 0. The van der Waals surface area contributed by atoms with Gasteiger partial charge in [0, 0.05) is 11.8 Å². The first-order chi connectivity index (χ1) is 8.15. The van der Waals surface area contributed by atoms with Gasteiger partial charge in [0.15, 0.2) is 0 Å². The fourth-order valence-electron chi connectivity index (χ4n) is 1.44. The minimum Gasteiger partial charge on any atom is -0.255 e. The zero-order chi connectivity index (χ0) is 12.4. The summed E-state index contributed by atoms with van der Waals surface area (Å²) in [6, 6.07) is 8.60. The molecule has 0 saturated heterocycles. The molecule has 0 saturated carbocycles. The Labute approximate surface area is 113 Å². The Kier molecular flexibility index (Phi) is 3.54. The van der Waals surface area contributed by atoms with Crippen LogP contribution in [-0.2, 0) is 0 Å². The van der Waals surface area contributed by atoms with Crippen LogP contribution in [0.3, 0.4) is 0 Å². The van der Waals surface area contributed by atoms with E-state index in [0.717, 1.165) is 0 Å². The second-order valence-electron chi connectivity index (χ2n) is 3.23. The average molecular weight is 284 g/mol. The van der Waals surface area contributed by atoms with Crippen LogP contribution in [-0.4, -0.2) is 4.98 Å². The summed E-state index contributed by atoms with van der Waals surface area (Å²) in [4.78, 5) is 4.13. The number of halogens is 3. The summed E-state index contributed by atoms with van der Waals surface area (Å²) < 4.78 is 0. The van der Waals surface area contributed by atoms with E-state index in [4.69, 9.17) is 40.1 Å². The maximum absolute atomic E-state index is 9.02. The molecule has 84 valence electrons. The van der Waals surface area contributed by atoms with Gasteiger partial charge in [0.05, 0.1) is 26.3 Å². The van der Waals surface area contributed by atoms with Gasteiger partial charge in [-0.15, -0.1) is 0 Å². The highest BCUT2D eigenvalue weighted by Gasteiger charge is 2.15. The molecule has 5 heteroatoms. The van der Waals surface area contributed by atoms with E-state index in [9.17, 15) is 0 Å². The summed E-state index contributed by atoms with van der Waals surface area (Å²) in [6.07, 6.45) is 1.57. The third-order valence-electron chi connectivity index (χ3n) is 2.21. The molecular weight excluding hydrogens is 279 g/mol. The monoisotopic (exact) mass is 282 g/mol. The van der Waals surface area contributed by atoms with Crippen molar-refractivity contribution in [3.05, 3.63) is 51.1 Å². The Morgan fingerprint density at radius 1 is 1.06 bits per heavy atom. The normalized spacial score (nSPS) is 10.0. The smallest absolute Gasteiger partial charge is 0.101 e. The van der Waals surface area contributed by atoms with E-state index in [-0.39, 0.29) is 0 Å². The molecule has 0 unspecified atom stereocenters. The lowest BCUT2D eigenvalue weighted by Crippen LogP contribution is -1.91. The summed E-state index contributed by atoms with van der Waals surface area (Å²) in [5.74, 6) is 0. The molecule has 0 bridgehead atoms. The fourth-order valence-corrected chi connectivity index (χ4v) is 2.15. The van der Waals surface area contributed by atoms with E-state index in [1.165, 1.54) is 0 Å². The van der Waals surface area contributed by atoms with E-state index < -0.39 is 0 Å². The molecule has 2 nitrogen and oxygen atoms in total. The Morgan fingerprint density at radius 2 is 1.76 bits per heavy atom.